The largest absolute Gasteiger partial charge is 0.462 e. The molecule has 3 aromatic rings. The molecule has 0 radical (unpaired) electrons. The van der Waals surface area contributed by atoms with Gasteiger partial charge < -0.3 is 15.0 Å². The monoisotopic (exact) mass is 320 g/mol. The Hall–Kier alpha value is -3.15. The topological polar surface area (TPSA) is 86.5 Å². The molecule has 1 atom stereocenters. The van der Waals surface area contributed by atoms with Crippen LogP contribution in [-0.2, 0) is 4.84 Å². The molecular formula is C18H16N4O2. The first-order valence-corrected chi connectivity index (χ1v) is 7.63. The maximum atomic E-state index is 5.71. The first-order chi connectivity index (χ1) is 11.8. The molecule has 1 aromatic carbocycles. The second-order valence-corrected chi connectivity index (χ2v) is 5.57. The zero-order valence-electron chi connectivity index (χ0n) is 13.1. The van der Waals surface area contributed by atoms with Gasteiger partial charge in [-0.15, -0.1) is 0 Å². The number of anilines is 1. The molecule has 2 heterocycles. The third-order valence-corrected chi connectivity index (χ3v) is 4.22. The fraction of sp³-hybridized carbons (Fsp3) is 0.167. The quantitative estimate of drug-likeness (QED) is 0.749. The second-order valence-electron chi connectivity index (χ2n) is 5.57. The van der Waals surface area contributed by atoms with Gasteiger partial charge in [-0.1, -0.05) is 29.4 Å². The Morgan fingerprint density at radius 2 is 2.08 bits per heavy atom. The van der Waals surface area contributed by atoms with Crippen molar-refractivity contribution in [1.29, 1.82) is 0 Å². The highest BCUT2D eigenvalue weighted by atomic mass is 16.6. The predicted octanol–water partition coefficient (Wildman–Crippen LogP) is 3.20. The lowest BCUT2D eigenvalue weighted by molar-refractivity contribution is 0.213. The third-order valence-electron chi connectivity index (χ3n) is 4.22. The van der Waals surface area contributed by atoms with Crippen LogP contribution in [0.25, 0.3) is 11.5 Å². The fourth-order valence-electron chi connectivity index (χ4n) is 3.25. The van der Waals surface area contributed by atoms with E-state index in [0.29, 0.717) is 11.5 Å². The van der Waals surface area contributed by atoms with Gasteiger partial charge in [-0.05, 0) is 17.7 Å². The maximum absolute atomic E-state index is 5.71. The minimum Gasteiger partial charge on any atom is -0.462 e. The van der Waals surface area contributed by atoms with Gasteiger partial charge in [0.1, 0.15) is 12.8 Å². The lowest BCUT2D eigenvalue weighted by Gasteiger charge is -2.11. The summed E-state index contributed by atoms with van der Waals surface area (Å²) in [5.74, 6) is 1.07. The van der Waals surface area contributed by atoms with Gasteiger partial charge in [0.15, 0.2) is 5.76 Å². The molecule has 6 heteroatoms. The molecule has 0 amide bonds. The molecule has 2 N–H and O–H groups in total. The Morgan fingerprint density at radius 3 is 2.92 bits per heavy atom. The smallest absolute Gasteiger partial charge is 0.220 e. The van der Waals surface area contributed by atoms with Crippen molar-refractivity contribution in [1.82, 2.24) is 9.97 Å². The number of hydrogen-bond donors (Lipinski definition) is 1. The van der Waals surface area contributed by atoms with Gasteiger partial charge >= 0.3 is 0 Å². The van der Waals surface area contributed by atoms with Crippen molar-refractivity contribution in [3.05, 3.63) is 65.5 Å². The summed E-state index contributed by atoms with van der Waals surface area (Å²) in [6.45, 7) is 0. The van der Waals surface area contributed by atoms with Gasteiger partial charge in [-0.3, -0.25) is 0 Å². The number of nitrogen functional groups attached to an aromatic ring is 1. The molecule has 1 unspecified atom stereocenters. The number of nitrogens with two attached hydrogens (primary N) is 1. The fourth-order valence-corrected chi connectivity index (χ4v) is 3.25. The Morgan fingerprint density at radius 1 is 1.21 bits per heavy atom. The Kier molecular flexibility index (Phi) is 3.49. The minimum absolute atomic E-state index is 0.139. The summed E-state index contributed by atoms with van der Waals surface area (Å²) in [6, 6.07) is 12.0. The van der Waals surface area contributed by atoms with Crippen molar-refractivity contribution in [2.24, 2.45) is 5.16 Å². The number of furan rings is 1. The Balaban J connectivity index is 1.82. The second kappa shape index (κ2) is 5.81. The highest BCUT2D eigenvalue weighted by Gasteiger charge is 2.32. The molecule has 6 nitrogen and oxygen atoms in total. The third kappa shape index (κ3) is 2.32. The lowest BCUT2D eigenvalue weighted by atomic mass is 9.92. The van der Waals surface area contributed by atoms with E-state index in [1.54, 1.807) is 25.6 Å². The summed E-state index contributed by atoms with van der Waals surface area (Å²) in [4.78, 5) is 13.2. The van der Waals surface area contributed by atoms with E-state index in [2.05, 4.69) is 27.3 Å². The first-order valence-electron chi connectivity index (χ1n) is 7.63. The van der Waals surface area contributed by atoms with E-state index in [9.17, 15) is 0 Å². The van der Waals surface area contributed by atoms with Gasteiger partial charge in [0.2, 0.25) is 5.95 Å². The molecule has 24 heavy (non-hydrogen) atoms. The van der Waals surface area contributed by atoms with Crippen LogP contribution in [0.1, 0.15) is 29.0 Å². The maximum Gasteiger partial charge on any atom is 0.220 e. The average Bonchev–Trinajstić information content (AvgIpc) is 3.20. The van der Waals surface area contributed by atoms with E-state index >= 15 is 0 Å². The van der Waals surface area contributed by atoms with Crippen molar-refractivity contribution in [2.45, 2.75) is 12.3 Å². The number of fused-ring (bicyclic) bond motifs is 1. The van der Waals surface area contributed by atoms with Crippen molar-refractivity contribution in [2.75, 3.05) is 12.8 Å². The van der Waals surface area contributed by atoms with Crippen molar-refractivity contribution in [3.63, 3.8) is 0 Å². The van der Waals surface area contributed by atoms with E-state index in [4.69, 9.17) is 15.0 Å². The van der Waals surface area contributed by atoms with E-state index < -0.39 is 0 Å². The number of aromatic nitrogens is 2. The van der Waals surface area contributed by atoms with Crippen molar-refractivity contribution in [3.8, 4) is 11.5 Å². The van der Waals surface area contributed by atoms with Crippen LogP contribution in [0.2, 0.25) is 0 Å². The Labute approximate surface area is 139 Å². The Bertz CT molecular complexity index is 917. The molecule has 120 valence electrons. The highest BCUT2D eigenvalue weighted by Crippen LogP contribution is 2.42. The molecule has 0 spiro atoms. The molecule has 0 bridgehead atoms. The van der Waals surface area contributed by atoms with Gasteiger partial charge in [-0.2, -0.15) is 0 Å². The van der Waals surface area contributed by atoms with Crippen molar-refractivity contribution >= 4 is 11.7 Å². The predicted molar refractivity (Wildman–Crippen MR) is 90.6 cm³/mol. The minimum atomic E-state index is 0.139. The molecule has 0 fully saturated rings. The molecule has 0 saturated heterocycles. The van der Waals surface area contributed by atoms with Crippen LogP contribution in [0.3, 0.4) is 0 Å². The van der Waals surface area contributed by atoms with Crippen LogP contribution in [0.5, 0.6) is 0 Å². The summed E-state index contributed by atoms with van der Waals surface area (Å²) < 4.78 is 5.71. The summed E-state index contributed by atoms with van der Waals surface area (Å²) >= 11 is 0. The highest BCUT2D eigenvalue weighted by molar-refractivity contribution is 6.05. The van der Waals surface area contributed by atoms with E-state index in [0.717, 1.165) is 23.3 Å². The standard InChI is InChI=1S/C18H16N4O2/c1-23-22-16-10-14(11-4-2-3-5-12(11)16)13-7-9-24-17(13)15-6-8-20-18(19)21-15/h2-9,14H,10H2,1H3,(H2,19,20,21)/b22-16-. The summed E-state index contributed by atoms with van der Waals surface area (Å²) in [6.07, 6.45) is 4.06. The SMILES string of the molecule is CO/N=C1/CC(c2ccoc2-c2ccnc(N)n2)c2ccccc21. The van der Waals surface area contributed by atoms with Crippen LogP contribution in [0.15, 0.2) is 58.4 Å². The molecule has 2 aromatic heterocycles. The zero-order chi connectivity index (χ0) is 16.5. The van der Waals surface area contributed by atoms with Gasteiger partial charge in [0.05, 0.1) is 12.0 Å². The molecule has 4 rings (SSSR count). The van der Waals surface area contributed by atoms with E-state index in [-0.39, 0.29) is 11.9 Å². The summed E-state index contributed by atoms with van der Waals surface area (Å²) in [7, 11) is 1.57. The molecule has 1 aliphatic carbocycles. The van der Waals surface area contributed by atoms with Crippen LogP contribution in [0, 0.1) is 0 Å². The van der Waals surface area contributed by atoms with Crippen molar-refractivity contribution < 1.29 is 9.25 Å². The molecule has 0 aliphatic heterocycles. The first kappa shape index (κ1) is 14.4. The normalized spacial score (nSPS) is 17.9. The van der Waals surface area contributed by atoms with Crippen LogP contribution in [-0.4, -0.2) is 22.8 Å². The summed E-state index contributed by atoms with van der Waals surface area (Å²) in [5.41, 5.74) is 10.7. The molecular weight excluding hydrogens is 304 g/mol. The van der Waals surface area contributed by atoms with Gasteiger partial charge in [0.25, 0.3) is 0 Å². The summed E-state index contributed by atoms with van der Waals surface area (Å²) in [5, 5.41) is 4.18. The number of nitrogens with zero attached hydrogens (tertiary/aromatic N) is 3. The number of hydrogen-bond acceptors (Lipinski definition) is 6. The molecule has 0 saturated carbocycles. The van der Waals surface area contributed by atoms with Gasteiger partial charge in [-0.25, -0.2) is 9.97 Å². The lowest BCUT2D eigenvalue weighted by Crippen LogP contribution is -2.00. The number of benzene rings is 1. The van der Waals surface area contributed by atoms with Crippen LogP contribution in [0.4, 0.5) is 5.95 Å². The van der Waals surface area contributed by atoms with E-state index in [1.165, 1.54) is 5.56 Å². The van der Waals surface area contributed by atoms with Crippen LogP contribution >= 0.6 is 0 Å². The number of rotatable bonds is 3. The molecule has 1 aliphatic rings. The van der Waals surface area contributed by atoms with E-state index in [1.807, 2.05) is 18.2 Å². The zero-order valence-corrected chi connectivity index (χ0v) is 13.1. The number of oxime groups is 1. The average molecular weight is 320 g/mol. The van der Waals surface area contributed by atoms with Gasteiger partial charge in [0, 0.05) is 29.7 Å². The van der Waals surface area contributed by atoms with Crippen LogP contribution < -0.4 is 5.73 Å².